The first-order valence-corrected chi connectivity index (χ1v) is 7.97. The van der Waals surface area contributed by atoms with Crippen molar-refractivity contribution in [1.29, 1.82) is 0 Å². The fourth-order valence-corrected chi connectivity index (χ4v) is 3.86. The number of rotatable bonds is 6. The predicted octanol–water partition coefficient (Wildman–Crippen LogP) is 0.518. The Morgan fingerprint density at radius 2 is 2.16 bits per heavy atom. The Kier molecular flexibility index (Phi) is 4.59. The fourth-order valence-electron chi connectivity index (χ4n) is 1.45. The molecule has 0 aromatic carbocycles. The van der Waals surface area contributed by atoms with E-state index < -0.39 is 10.0 Å². The first kappa shape index (κ1) is 14.1. The summed E-state index contributed by atoms with van der Waals surface area (Å²) in [5.41, 5.74) is 6.01. The molecule has 102 valence electrons. The third kappa shape index (κ3) is 3.80. The van der Waals surface area contributed by atoms with Crippen LogP contribution in [0.4, 0.5) is 0 Å². The number of nitrogens with zero attached hydrogens (tertiary/aromatic N) is 2. The second-order valence-electron chi connectivity index (χ2n) is 3.80. The van der Waals surface area contributed by atoms with E-state index in [-0.39, 0.29) is 6.54 Å². The Balaban J connectivity index is 2.05. The summed E-state index contributed by atoms with van der Waals surface area (Å²) in [5.74, 6) is 0. The van der Waals surface area contributed by atoms with Gasteiger partial charge in [0.2, 0.25) is 10.0 Å². The minimum Gasteiger partial charge on any atom is -0.330 e. The number of thiophene rings is 1. The van der Waals surface area contributed by atoms with Gasteiger partial charge < -0.3 is 5.73 Å². The Hall–Kier alpha value is -1.35. The van der Waals surface area contributed by atoms with Crippen molar-refractivity contribution in [3.8, 4) is 0 Å². The van der Waals surface area contributed by atoms with Crippen LogP contribution in [0.15, 0.2) is 34.7 Å². The van der Waals surface area contributed by atoms with Crippen LogP contribution >= 0.6 is 11.3 Å². The van der Waals surface area contributed by atoms with Crippen molar-refractivity contribution in [2.45, 2.75) is 17.2 Å². The summed E-state index contributed by atoms with van der Waals surface area (Å²) in [6.45, 7) is 0.632. The van der Waals surface area contributed by atoms with Crippen LogP contribution in [0.5, 0.6) is 0 Å². The summed E-state index contributed by atoms with van der Waals surface area (Å²) < 4.78 is 26.9. The topological polar surface area (TPSA) is 98.0 Å². The van der Waals surface area contributed by atoms with Gasteiger partial charge in [0.15, 0.2) is 0 Å². The van der Waals surface area contributed by atoms with Crippen molar-refractivity contribution in [3.63, 3.8) is 0 Å². The molecule has 0 saturated heterocycles. The summed E-state index contributed by atoms with van der Waals surface area (Å²) >= 11 is 1.23. The van der Waals surface area contributed by atoms with Crippen LogP contribution in [0.1, 0.15) is 10.6 Å². The largest absolute Gasteiger partial charge is 0.330 e. The Morgan fingerprint density at radius 1 is 1.32 bits per heavy atom. The number of aromatic nitrogens is 2. The molecule has 0 aliphatic rings. The van der Waals surface area contributed by atoms with E-state index in [4.69, 9.17) is 5.73 Å². The van der Waals surface area contributed by atoms with Crippen LogP contribution in [0, 0.1) is 0 Å². The van der Waals surface area contributed by atoms with Crippen LogP contribution in [0.25, 0.3) is 0 Å². The molecule has 0 atom stereocenters. The van der Waals surface area contributed by atoms with Gasteiger partial charge >= 0.3 is 0 Å². The lowest BCUT2D eigenvalue weighted by Gasteiger charge is -2.03. The van der Waals surface area contributed by atoms with Crippen molar-refractivity contribution in [2.75, 3.05) is 6.54 Å². The highest BCUT2D eigenvalue weighted by Gasteiger charge is 2.16. The SMILES string of the molecule is NCCc1ccc(S(=O)(=O)NCc2cccnn2)s1. The molecule has 0 bridgehead atoms. The molecule has 0 spiro atoms. The minimum atomic E-state index is -3.50. The number of hydrogen-bond acceptors (Lipinski definition) is 6. The highest BCUT2D eigenvalue weighted by atomic mass is 32.2. The van der Waals surface area contributed by atoms with Crippen LogP contribution in [-0.4, -0.2) is 25.2 Å². The molecule has 2 aromatic rings. The molecule has 2 rings (SSSR count). The fraction of sp³-hybridized carbons (Fsp3) is 0.273. The summed E-state index contributed by atoms with van der Waals surface area (Å²) in [6, 6.07) is 6.80. The Morgan fingerprint density at radius 3 is 2.84 bits per heavy atom. The highest BCUT2D eigenvalue weighted by Crippen LogP contribution is 2.21. The molecule has 2 aromatic heterocycles. The molecule has 6 nitrogen and oxygen atoms in total. The summed E-state index contributed by atoms with van der Waals surface area (Å²) in [4.78, 5) is 0.961. The van der Waals surface area contributed by atoms with Gasteiger partial charge in [-0.1, -0.05) is 0 Å². The van der Waals surface area contributed by atoms with Crippen molar-refractivity contribution >= 4 is 21.4 Å². The molecule has 3 N–H and O–H groups in total. The van der Waals surface area contributed by atoms with E-state index in [2.05, 4.69) is 14.9 Å². The van der Waals surface area contributed by atoms with E-state index in [9.17, 15) is 8.42 Å². The van der Waals surface area contributed by atoms with Gasteiger partial charge in [0, 0.05) is 11.1 Å². The normalized spacial score (nSPS) is 11.6. The third-order valence-electron chi connectivity index (χ3n) is 2.36. The predicted molar refractivity (Wildman–Crippen MR) is 73.1 cm³/mol. The monoisotopic (exact) mass is 298 g/mol. The van der Waals surface area contributed by atoms with Crippen LogP contribution in [0.2, 0.25) is 0 Å². The molecule has 0 aliphatic heterocycles. The molecule has 0 saturated carbocycles. The van der Waals surface area contributed by atoms with Gasteiger partial charge in [0.25, 0.3) is 0 Å². The quantitative estimate of drug-likeness (QED) is 0.810. The van der Waals surface area contributed by atoms with Gasteiger partial charge in [-0.25, -0.2) is 13.1 Å². The zero-order valence-electron chi connectivity index (χ0n) is 10.1. The summed E-state index contributed by atoms with van der Waals surface area (Å²) in [5, 5.41) is 7.51. The van der Waals surface area contributed by atoms with E-state index >= 15 is 0 Å². The second-order valence-corrected chi connectivity index (χ2v) is 6.96. The van der Waals surface area contributed by atoms with E-state index in [0.29, 0.717) is 22.9 Å². The lowest BCUT2D eigenvalue weighted by atomic mass is 10.3. The van der Waals surface area contributed by atoms with Gasteiger partial charge in [-0.15, -0.1) is 11.3 Å². The van der Waals surface area contributed by atoms with Crippen LogP contribution < -0.4 is 10.5 Å². The molecule has 0 amide bonds. The lowest BCUT2D eigenvalue weighted by Crippen LogP contribution is -2.23. The van der Waals surface area contributed by atoms with Crippen LogP contribution in [-0.2, 0) is 23.0 Å². The number of hydrogen-bond donors (Lipinski definition) is 2. The molecule has 0 aliphatic carbocycles. The number of nitrogens with one attached hydrogen (secondary N) is 1. The standard InChI is InChI=1S/C11H14N4O2S2/c12-6-5-10-3-4-11(18-10)19(16,17)14-8-9-2-1-7-13-15-9/h1-4,7,14H,5-6,8,12H2. The lowest BCUT2D eigenvalue weighted by molar-refractivity contribution is 0.582. The maximum atomic E-state index is 12.0. The molecular formula is C11H14N4O2S2. The van der Waals surface area contributed by atoms with Crippen LogP contribution in [0.3, 0.4) is 0 Å². The molecular weight excluding hydrogens is 284 g/mol. The van der Waals surface area contributed by atoms with Gasteiger partial charge in [-0.2, -0.15) is 10.2 Å². The zero-order valence-corrected chi connectivity index (χ0v) is 11.7. The average Bonchev–Trinajstić information content (AvgIpc) is 2.88. The molecule has 0 radical (unpaired) electrons. The molecule has 0 fully saturated rings. The van der Waals surface area contributed by atoms with Gasteiger partial charge in [-0.05, 0) is 37.2 Å². The molecule has 2 heterocycles. The number of sulfonamides is 1. The maximum Gasteiger partial charge on any atom is 0.250 e. The molecule has 19 heavy (non-hydrogen) atoms. The van der Waals surface area contributed by atoms with Crippen molar-refractivity contribution < 1.29 is 8.42 Å². The average molecular weight is 298 g/mol. The highest BCUT2D eigenvalue weighted by molar-refractivity contribution is 7.91. The van der Waals surface area contributed by atoms with E-state index in [1.807, 2.05) is 0 Å². The van der Waals surface area contributed by atoms with Gasteiger partial charge in [-0.3, -0.25) is 0 Å². The van der Waals surface area contributed by atoms with Gasteiger partial charge in [0.05, 0.1) is 12.2 Å². The number of nitrogens with two attached hydrogens (primary N) is 1. The summed E-state index contributed by atoms with van der Waals surface area (Å²) in [7, 11) is -3.50. The Labute approximate surface area is 115 Å². The van der Waals surface area contributed by atoms with Crippen molar-refractivity contribution in [3.05, 3.63) is 41.0 Å². The minimum absolute atomic E-state index is 0.125. The summed E-state index contributed by atoms with van der Waals surface area (Å²) in [6.07, 6.45) is 2.22. The second kappa shape index (κ2) is 6.20. The van der Waals surface area contributed by atoms with E-state index in [1.54, 1.807) is 24.3 Å². The molecule has 8 heteroatoms. The van der Waals surface area contributed by atoms with Crippen molar-refractivity contribution in [2.24, 2.45) is 5.73 Å². The van der Waals surface area contributed by atoms with E-state index in [1.165, 1.54) is 17.5 Å². The smallest absolute Gasteiger partial charge is 0.250 e. The zero-order chi connectivity index (χ0) is 13.7. The van der Waals surface area contributed by atoms with Crippen molar-refractivity contribution in [1.82, 2.24) is 14.9 Å². The van der Waals surface area contributed by atoms with E-state index in [0.717, 1.165) is 4.88 Å². The first-order chi connectivity index (χ1) is 9.12. The maximum absolute atomic E-state index is 12.0. The third-order valence-corrected chi connectivity index (χ3v) is 5.40. The molecule has 0 unspecified atom stereocenters. The van der Waals surface area contributed by atoms with Gasteiger partial charge in [0.1, 0.15) is 4.21 Å². The first-order valence-electron chi connectivity index (χ1n) is 5.67. The Bertz CT molecular complexity index is 625.